The SMILES string of the molecule is COC(CNC(=O)c1cc(-c2ccc(C)cc2C)n[nH]1)OC. The van der Waals surface area contributed by atoms with Crippen molar-refractivity contribution >= 4 is 5.91 Å². The van der Waals surface area contributed by atoms with Crippen molar-refractivity contribution in [1.29, 1.82) is 0 Å². The van der Waals surface area contributed by atoms with Crippen LogP contribution in [0.3, 0.4) is 0 Å². The van der Waals surface area contributed by atoms with E-state index in [1.54, 1.807) is 6.07 Å². The summed E-state index contributed by atoms with van der Waals surface area (Å²) >= 11 is 0. The third kappa shape index (κ3) is 3.72. The summed E-state index contributed by atoms with van der Waals surface area (Å²) in [4.78, 5) is 12.1. The first kappa shape index (κ1) is 16.2. The van der Waals surface area contributed by atoms with Gasteiger partial charge in [-0.3, -0.25) is 9.89 Å². The van der Waals surface area contributed by atoms with E-state index in [9.17, 15) is 4.79 Å². The Hall–Kier alpha value is -2.18. The molecule has 1 amide bonds. The lowest BCUT2D eigenvalue weighted by molar-refractivity contribution is -0.0974. The molecule has 2 N–H and O–H groups in total. The lowest BCUT2D eigenvalue weighted by Crippen LogP contribution is -2.34. The number of nitrogens with zero attached hydrogens (tertiary/aromatic N) is 1. The molecule has 0 fully saturated rings. The molecule has 0 saturated carbocycles. The number of nitrogens with one attached hydrogen (secondary N) is 2. The molecule has 6 nitrogen and oxygen atoms in total. The molecule has 1 aromatic carbocycles. The standard InChI is InChI=1S/C16H21N3O3/c1-10-5-6-12(11(2)7-10)13-8-14(19-18-13)16(20)17-9-15(21-3)22-4/h5-8,15H,9H2,1-4H3,(H,17,20)(H,18,19). The number of amides is 1. The van der Waals surface area contributed by atoms with E-state index in [0.29, 0.717) is 5.69 Å². The van der Waals surface area contributed by atoms with E-state index in [2.05, 4.69) is 21.6 Å². The summed E-state index contributed by atoms with van der Waals surface area (Å²) in [6.45, 7) is 4.34. The first-order valence-electron chi connectivity index (χ1n) is 7.02. The van der Waals surface area contributed by atoms with E-state index in [1.807, 2.05) is 26.0 Å². The number of carbonyl (C=O) groups is 1. The Balaban J connectivity index is 2.09. The molecule has 0 aliphatic carbocycles. The van der Waals surface area contributed by atoms with Gasteiger partial charge < -0.3 is 14.8 Å². The Bertz CT molecular complexity index is 648. The molecule has 0 aliphatic rings. The molecule has 0 aliphatic heterocycles. The molecule has 118 valence electrons. The monoisotopic (exact) mass is 303 g/mol. The van der Waals surface area contributed by atoms with Gasteiger partial charge in [0.25, 0.3) is 5.91 Å². The topological polar surface area (TPSA) is 76.2 Å². The number of carbonyl (C=O) groups excluding carboxylic acids is 1. The summed E-state index contributed by atoms with van der Waals surface area (Å²) in [5.41, 5.74) is 4.48. The van der Waals surface area contributed by atoms with Crippen LogP contribution in [0.4, 0.5) is 0 Å². The van der Waals surface area contributed by atoms with Crippen molar-refractivity contribution in [2.45, 2.75) is 20.1 Å². The Labute approximate surface area is 129 Å². The fraction of sp³-hybridized carbons (Fsp3) is 0.375. The van der Waals surface area contributed by atoms with Gasteiger partial charge in [0.05, 0.1) is 12.2 Å². The Kier molecular flexibility index (Phi) is 5.30. The number of aromatic amines is 1. The van der Waals surface area contributed by atoms with E-state index < -0.39 is 6.29 Å². The molecule has 0 radical (unpaired) electrons. The maximum absolute atomic E-state index is 12.1. The number of hydrogen-bond acceptors (Lipinski definition) is 4. The normalized spacial score (nSPS) is 11.0. The van der Waals surface area contributed by atoms with Crippen molar-refractivity contribution in [1.82, 2.24) is 15.5 Å². The fourth-order valence-corrected chi connectivity index (χ4v) is 2.21. The van der Waals surface area contributed by atoms with Crippen molar-refractivity contribution in [2.24, 2.45) is 0 Å². The van der Waals surface area contributed by atoms with Crippen LogP contribution in [-0.2, 0) is 9.47 Å². The molecule has 1 heterocycles. The average Bonchev–Trinajstić information content (AvgIpc) is 2.97. The number of methoxy groups -OCH3 is 2. The van der Waals surface area contributed by atoms with Crippen molar-refractivity contribution in [3.05, 3.63) is 41.1 Å². The van der Waals surface area contributed by atoms with Gasteiger partial charge in [0.1, 0.15) is 5.69 Å². The van der Waals surface area contributed by atoms with Crippen LogP contribution >= 0.6 is 0 Å². The number of rotatable bonds is 6. The molecule has 22 heavy (non-hydrogen) atoms. The van der Waals surface area contributed by atoms with Crippen molar-refractivity contribution in [3.63, 3.8) is 0 Å². The summed E-state index contributed by atoms with van der Waals surface area (Å²) < 4.78 is 10.0. The smallest absolute Gasteiger partial charge is 0.269 e. The predicted molar refractivity (Wildman–Crippen MR) is 83.6 cm³/mol. The highest BCUT2D eigenvalue weighted by Crippen LogP contribution is 2.22. The number of benzene rings is 1. The summed E-state index contributed by atoms with van der Waals surface area (Å²) in [5, 5.41) is 9.71. The summed E-state index contributed by atoms with van der Waals surface area (Å²) in [6.07, 6.45) is -0.467. The lowest BCUT2D eigenvalue weighted by atomic mass is 10.0. The van der Waals surface area contributed by atoms with E-state index in [0.717, 1.165) is 16.8 Å². The summed E-state index contributed by atoms with van der Waals surface area (Å²) in [6, 6.07) is 7.86. The van der Waals surface area contributed by atoms with E-state index in [4.69, 9.17) is 9.47 Å². The molecular formula is C16H21N3O3. The second-order valence-electron chi connectivity index (χ2n) is 5.10. The zero-order valence-electron chi connectivity index (χ0n) is 13.3. The molecule has 2 rings (SSSR count). The number of H-pyrrole nitrogens is 1. The van der Waals surface area contributed by atoms with E-state index in [-0.39, 0.29) is 12.5 Å². The first-order valence-corrected chi connectivity index (χ1v) is 7.02. The molecule has 0 spiro atoms. The Morgan fingerprint density at radius 1 is 1.27 bits per heavy atom. The molecule has 0 bridgehead atoms. The highest BCUT2D eigenvalue weighted by atomic mass is 16.7. The van der Waals surface area contributed by atoms with Crippen LogP contribution in [0, 0.1) is 13.8 Å². The minimum atomic E-state index is -0.467. The number of ether oxygens (including phenoxy) is 2. The van der Waals surface area contributed by atoms with Crippen LogP contribution in [0.5, 0.6) is 0 Å². The average molecular weight is 303 g/mol. The van der Waals surface area contributed by atoms with Crippen LogP contribution in [0.25, 0.3) is 11.3 Å². The minimum absolute atomic E-state index is 0.248. The lowest BCUT2D eigenvalue weighted by Gasteiger charge is -2.13. The largest absolute Gasteiger partial charge is 0.354 e. The Morgan fingerprint density at radius 2 is 2.00 bits per heavy atom. The summed E-state index contributed by atoms with van der Waals surface area (Å²) in [7, 11) is 3.05. The van der Waals surface area contributed by atoms with Crippen LogP contribution in [0.1, 0.15) is 21.6 Å². The zero-order valence-corrected chi connectivity index (χ0v) is 13.3. The molecular weight excluding hydrogens is 282 g/mol. The van der Waals surface area contributed by atoms with Crippen LogP contribution in [0.15, 0.2) is 24.3 Å². The van der Waals surface area contributed by atoms with Crippen LogP contribution < -0.4 is 5.32 Å². The highest BCUT2D eigenvalue weighted by molar-refractivity contribution is 5.93. The van der Waals surface area contributed by atoms with E-state index >= 15 is 0 Å². The second kappa shape index (κ2) is 7.20. The van der Waals surface area contributed by atoms with Gasteiger partial charge in [0.15, 0.2) is 6.29 Å². The van der Waals surface area contributed by atoms with Gasteiger partial charge in [-0.2, -0.15) is 5.10 Å². The number of aromatic nitrogens is 2. The van der Waals surface area contributed by atoms with Gasteiger partial charge in [-0.05, 0) is 25.5 Å². The number of hydrogen-bond donors (Lipinski definition) is 2. The number of aryl methyl sites for hydroxylation is 2. The quantitative estimate of drug-likeness (QED) is 0.801. The van der Waals surface area contributed by atoms with Gasteiger partial charge in [0, 0.05) is 19.8 Å². The van der Waals surface area contributed by atoms with Crippen LogP contribution in [-0.4, -0.2) is 43.2 Å². The predicted octanol–water partition coefficient (Wildman–Crippen LogP) is 2.04. The molecule has 0 unspecified atom stereocenters. The molecule has 0 atom stereocenters. The van der Waals surface area contributed by atoms with Crippen LogP contribution in [0.2, 0.25) is 0 Å². The van der Waals surface area contributed by atoms with Gasteiger partial charge in [-0.25, -0.2) is 0 Å². The van der Waals surface area contributed by atoms with Gasteiger partial charge in [-0.1, -0.05) is 23.8 Å². The fourth-order valence-electron chi connectivity index (χ4n) is 2.21. The van der Waals surface area contributed by atoms with Gasteiger partial charge >= 0.3 is 0 Å². The Morgan fingerprint density at radius 3 is 2.64 bits per heavy atom. The van der Waals surface area contributed by atoms with Crippen molar-refractivity contribution < 1.29 is 14.3 Å². The maximum Gasteiger partial charge on any atom is 0.269 e. The molecule has 6 heteroatoms. The highest BCUT2D eigenvalue weighted by Gasteiger charge is 2.14. The molecule has 2 aromatic rings. The molecule has 1 aromatic heterocycles. The zero-order chi connectivity index (χ0) is 16.1. The van der Waals surface area contributed by atoms with Gasteiger partial charge in [0.2, 0.25) is 0 Å². The summed E-state index contributed by atoms with van der Waals surface area (Å²) in [5.74, 6) is -0.248. The van der Waals surface area contributed by atoms with Gasteiger partial charge in [-0.15, -0.1) is 0 Å². The second-order valence-corrected chi connectivity index (χ2v) is 5.10. The first-order chi connectivity index (χ1) is 10.5. The molecule has 0 saturated heterocycles. The van der Waals surface area contributed by atoms with Crippen molar-refractivity contribution in [3.8, 4) is 11.3 Å². The van der Waals surface area contributed by atoms with Crippen molar-refractivity contribution in [2.75, 3.05) is 20.8 Å². The maximum atomic E-state index is 12.1. The minimum Gasteiger partial charge on any atom is -0.354 e. The van der Waals surface area contributed by atoms with E-state index in [1.165, 1.54) is 19.8 Å². The third-order valence-electron chi connectivity index (χ3n) is 3.44. The third-order valence-corrected chi connectivity index (χ3v) is 3.44.